The second-order valence-corrected chi connectivity index (χ2v) is 7.97. The smallest absolute Gasteiger partial charge is 0.337 e. The van der Waals surface area contributed by atoms with Crippen molar-refractivity contribution in [3.63, 3.8) is 0 Å². The molecule has 4 rings (SSSR count). The number of aromatic amines is 1. The van der Waals surface area contributed by atoms with Crippen LogP contribution in [-0.4, -0.2) is 50.3 Å². The molecular formula is C23H30N2O4. The van der Waals surface area contributed by atoms with Crippen molar-refractivity contribution in [3.05, 3.63) is 41.3 Å². The molecule has 3 unspecified atom stereocenters. The van der Waals surface area contributed by atoms with E-state index in [0.717, 1.165) is 43.6 Å². The normalized spacial score (nSPS) is 24.7. The van der Waals surface area contributed by atoms with Gasteiger partial charge in [0, 0.05) is 29.7 Å². The maximum absolute atomic E-state index is 12.5. The average molecular weight is 399 g/mol. The van der Waals surface area contributed by atoms with Crippen LogP contribution in [0.2, 0.25) is 0 Å². The lowest BCUT2D eigenvalue weighted by molar-refractivity contribution is -0.137. The van der Waals surface area contributed by atoms with E-state index in [1.165, 1.54) is 23.8 Å². The van der Waals surface area contributed by atoms with Gasteiger partial charge in [-0.15, -0.1) is 0 Å². The summed E-state index contributed by atoms with van der Waals surface area (Å²) in [6.07, 6.45) is 4.46. The number of rotatable bonds is 5. The minimum absolute atomic E-state index is 0.105. The fourth-order valence-corrected chi connectivity index (χ4v) is 5.28. The van der Waals surface area contributed by atoms with Crippen LogP contribution >= 0.6 is 0 Å². The number of fused-ring (bicyclic) bond motifs is 5. The summed E-state index contributed by atoms with van der Waals surface area (Å²) in [6, 6.07) is 6.40. The largest absolute Gasteiger partial charge is 0.504 e. The summed E-state index contributed by atoms with van der Waals surface area (Å²) >= 11 is 0. The Morgan fingerprint density at radius 3 is 2.83 bits per heavy atom. The minimum atomic E-state index is -0.293. The number of methoxy groups -OCH3 is 3. The zero-order valence-electron chi connectivity index (χ0n) is 17.7. The Bertz CT molecular complexity index is 932. The number of H-pyrrole nitrogens is 1. The second kappa shape index (κ2) is 8.11. The molecule has 1 aromatic heterocycles. The first kappa shape index (κ1) is 19.8. The van der Waals surface area contributed by atoms with Gasteiger partial charge in [-0.25, -0.2) is 4.79 Å². The molecule has 0 radical (unpaired) electrons. The highest BCUT2D eigenvalue weighted by Crippen LogP contribution is 2.47. The molecule has 0 aliphatic carbocycles. The molecule has 1 saturated heterocycles. The molecule has 6 heteroatoms. The van der Waals surface area contributed by atoms with Crippen LogP contribution in [0.3, 0.4) is 0 Å². The molecule has 2 aliphatic rings. The number of aromatic nitrogens is 1. The Hall–Kier alpha value is -2.47. The maximum atomic E-state index is 12.5. The SMILES string of the molecule is CCC1CN2CCc3c([nH]c4cccc(OC)c34)C2CC1/C(=C\OC)C(=O)OC. The molecule has 2 aromatic rings. The van der Waals surface area contributed by atoms with Crippen molar-refractivity contribution in [2.75, 3.05) is 34.4 Å². The van der Waals surface area contributed by atoms with Crippen LogP contribution in [0.4, 0.5) is 0 Å². The van der Waals surface area contributed by atoms with Gasteiger partial charge in [0.25, 0.3) is 0 Å². The van der Waals surface area contributed by atoms with Crippen LogP contribution in [-0.2, 0) is 20.7 Å². The van der Waals surface area contributed by atoms with Gasteiger partial charge in [0.1, 0.15) is 5.75 Å². The summed E-state index contributed by atoms with van der Waals surface area (Å²) in [5, 5.41) is 1.19. The van der Waals surface area contributed by atoms with Gasteiger partial charge < -0.3 is 19.2 Å². The first-order valence-electron chi connectivity index (χ1n) is 10.4. The molecule has 1 fully saturated rings. The number of nitrogens with one attached hydrogen (secondary N) is 1. The molecule has 1 aromatic carbocycles. The molecule has 156 valence electrons. The topological polar surface area (TPSA) is 63.8 Å². The predicted molar refractivity (Wildman–Crippen MR) is 112 cm³/mol. The first-order valence-corrected chi connectivity index (χ1v) is 10.4. The number of hydrogen-bond donors (Lipinski definition) is 1. The van der Waals surface area contributed by atoms with Crippen LogP contribution in [0, 0.1) is 11.8 Å². The standard InChI is InChI=1S/C23H30N2O4/c1-5-14-12-25-10-9-15-21-18(7-6-8-20(21)28-3)24-22(15)19(25)11-16(14)17(13-27-2)23(26)29-4/h6-8,13-14,16,19,24H,5,9-12H2,1-4H3/b17-13+. The van der Waals surface area contributed by atoms with Crippen LogP contribution in [0.5, 0.6) is 5.75 Å². The van der Waals surface area contributed by atoms with Crippen molar-refractivity contribution in [1.82, 2.24) is 9.88 Å². The van der Waals surface area contributed by atoms with Gasteiger partial charge in [-0.2, -0.15) is 0 Å². The second-order valence-electron chi connectivity index (χ2n) is 7.97. The highest BCUT2D eigenvalue weighted by molar-refractivity contribution is 5.91. The molecule has 3 atom stereocenters. The fourth-order valence-electron chi connectivity index (χ4n) is 5.28. The van der Waals surface area contributed by atoms with Gasteiger partial charge in [-0.3, -0.25) is 4.90 Å². The van der Waals surface area contributed by atoms with Crippen molar-refractivity contribution in [3.8, 4) is 5.75 Å². The third kappa shape index (κ3) is 3.29. The number of carbonyl (C=O) groups is 1. The van der Waals surface area contributed by atoms with Gasteiger partial charge in [-0.05, 0) is 42.4 Å². The average Bonchev–Trinajstić information content (AvgIpc) is 3.15. The zero-order valence-corrected chi connectivity index (χ0v) is 17.7. The third-order valence-electron chi connectivity index (χ3n) is 6.67. The van der Waals surface area contributed by atoms with E-state index in [9.17, 15) is 4.79 Å². The van der Waals surface area contributed by atoms with E-state index in [0.29, 0.717) is 11.5 Å². The van der Waals surface area contributed by atoms with E-state index in [1.807, 2.05) is 12.1 Å². The summed E-state index contributed by atoms with van der Waals surface area (Å²) in [7, 11) is 4.75. The number of esters is 1. The summed E-state index contributed by atoms with van der Waals surface area (Å²) in [6.45, 7) is 4.19. The quantitative estimate of drug-likeness (QED) is 0.471. The molecule has 1 N–H and O–H groups in total. The summed E-state index contributed by atoms with van der Waals surface area (Å²) in [5.74, 6) is 1.12. The summed E-state index contributed by atoms with van der Waals surface area (Å²) in [4.78, 5) is 18.7. The van der Waals surface area contributed by atoms with Crippen LogP contribution in [0.1, 0.15) is 37.1 Å². The van der Waals surface area contributed by atoms with Crippen LogP contribution < -0.4 is 4.74 Å². The summed E-state index contributed by atoms with van der Waals surface area (Å²) < 4.78 is 16.0. The van der Waals surface area contributed by atoms with E-state index in [2.05, 4.69) is 22.9 Å². The number of benzene rings is 1. The van der Waals surface area contributed by atoms with E-state index in [4.69, 9.17) is 14.2 Å². The van der Waals surface area contributed by atoms with Crippen molar-refractivity contribution in [2.45, 2.75) is 32.2 Å². The molecular weight excluding hydrogens is 368 g/mol. The molecule has 0 bridgehead atoms. The van der Waals surface area contributed by atoms with E-state index in [-0.39, 0.29) is 17.9 Å². The van der Waals surface area contributed by atoms with Crippen LogP contribution in [0.25, 0.3) is 10.9 Å². The highest BCUT2D eigenvalue weighted by Gasteiger charge is 2.42. The maximum Gasteiger partial charge on any atom is 0.337 e. The lowest BCUT2D eigenvalue weighted by atomic mass is 9.74. The molecule has 0 spiro atoms. The minimum Gasteiger partial charge on any atom is -0.504 e. The van der Waals surface area contributed by atoms with Gasteiger partial charge in [0.2, 0.25) is 0 Å². The first-order chi connectivity index (χ1) is 14.1. The Morgan fingerprint density at radius 2 is 2.14 bits per heavy atom. The Kier molecular flexibility index (Phi) is 5.54. The van der Waals surface area contributed by atoms with Gasteiger partial charge in [0.05, 0.1) is 39.2 Å². The van der Waals surface area contributed by atoms with E-state index in [1.54, 1.807) is 20.5 Å². The van der Waals surface area contributed by atoms with Gasteiger partial charge in [-0.1, -0.05) is 19.4 Å². The molecule has 6 nitrogen and oxygen atoms in total. The zero-order chi connectivity index (χ0) is 20.5. The Balaban J connectivity index is 1.76. The van der Waals surface area contributed by atoms with Gasteiger partial charge >= 0.3 is 5.97 Å². The van der Waals surface area contributed by atoms with E-state index < -0.39 is 0 Å². The Morgan fingerprint density at radius 1 is 1.31 bits per heavy atom. The van der Waals surface area contributed by atoms with Crippen molar-refractivity contribution in [1.29, 1.82) is 0 Å². The number of hydrogen-bond acceptors (Lipinski definition) is 5. The lowest BCUT2D eigenvalue weighted by Crippen LogP contribution is -2.47. The molecule has 0 saturated carbocycles. The lowest BCUT2D eigenvalue weighted by Gasteiger charge is -2.46. The number of nitrogens with zero attached hydrogens (tertiary/aromatic N) is 1. The van der Waals surface area contributed by atoms with E-state index >= 15 is 0 Å². The predicted octanol–water partition coefficient (Wildman–Crippen LogP) is 3.83. The number of piperidine rings is 1. The third-order valence-corrected chi connectivity index (χ3v) is 6.67. The molecule has 0 amide bonds. The van der Waals surface area contributed by atoms with Gasteiger partial charge in [0.15, 0.2) is 0 Å². The van der Waals surface area contributed by atoms with Crippen molar-refractivity contribution in [2.24, 2.45) is 11.8 Å². The summed E-state index contributed by atoms with van der Waals surface area (Å²) in [5.41, 5.74) is 4.37. The number of ether oxygens (including phenoxy) is 3. The molecule has 2 aliphatic heterocycles. The number of carbonyl (C=O) groups excluding carboxylic acids is 1. The molecule has 3 heterocycles. The fraction of sp³-hybridized carbons (Fsp3) is 0.522. The Labute approximate surface area is 171 Å². The molecule has 29 heavy (non-hydrogen) atoms. The van der Waals surface area contributed by atoms with Crippen molar-refractivity contribution >= 4 is 16.9 Å². The highest BCUT2D eigenvalue weighted by atomic mass is 16.5. The van der Waals surface area contributed by atoms with Crippen molar-refractivity contribution < 1.29 is 19.0 Å². The monoisotopic (exact) mass is 398 g/mol. The van der Waals surface area contributed by atoms with Crippen LogP contribution in [0.15, 0.2) is 30.0 Å².